The largest absolute Gasteiger partial charge is 0.497 e. The molecule has 2 rings (SSSR count). The maximum absolute atomic E-state index is 5.56. The summed E-state index contributed by atoms with van der Waals surface area (Å²) >= 11 is 0. The Kier molecular flexibility index (Phi) is 4.20. The number of methoxy groups -OCH3 is 2. The van der Waals surface area contributed by atoms with Gasteiger partial charge in [0.2, 0.25) is 0 Å². The lowest BCUT2D eigenvalue weighted by atomic mass is 10.0. The van der Waals surface area contributed by atoms with E-state index in [1.165, 1.54) is 0 Å². The summed E-state index contributed by atoms with van der Waals surface area (Å²) in [5.74, 6) is 1.59. The van der Waals surface area contributed by atoms with Crippen LogP contribution in [0.1, 0.15) is 0 Å². The molecule has 0 bridgehead atoms. The fourth-order valence-electron chi connectivity index (χ4n) is 1.73. The SMILES string of the molecule is COCOc1ccc(OC)cc1-c1ccccc1. The molecule has 0 amide bonds. The minimum absolute atomic E-state index is 0.228. The van der Waals surface area contributed by atoms with Crippen LogP contribution in [0, 0.1) is 0 Å². The number of rotatable bonds is 5. The standard InChI is InChI=1S/C15H16O3/c1-16-11-18-15-9-8-13(17-2)10-14(15)12-6-4-3-5-7-12/h3-10H,11H2,1-2H3. The van der Waals surface area contributed by atoms with Gasteiger partial charge in [-0.25, -0.2) is 0 Å². The van der Waals surface area contributed by atoms with Gasteiger partial charge in [0.15, 0.2) is 6.79 Å². The Morgan fingerprint density at radius 1 is 0.944 bits per heavy atom. The van der Waals surface area contributed by atoms with Gasteiger partial charge >= 0.3 is 0 Å². The van der Waals surface area contributed by atoms with E-state index in [0.29, 0.717) is 0 Å². The van der Waals surface area contributed by atoms with Crippen molar-refractivity contribution in [2.45, 2.75) is 0 Å². The van der Waals surface area contributed by atoms with E-state index >= 15 is 0 Å². The van der Waals surface area contributed by atoms with E-state index in [2.05, 4.69) is 0 Å². The van der Waals surface area contributed by atoms with Gasteiger partial charge in [0, 0.05) is 12.7 Å². The van der Waals surface area contributed by atoms with Crippen molar-refractivity contribution in [3.63, 3.8) is 0 Å². The van der Waals surface area contributed by atoms with Crippen molar-refractivity contribution in [2.24, 2.45) is 0 Å². The van der Waals surface area contributed by atoms with Crippen LogP contribution in [0.25, 0.3) is 11.1 Å². The Labute approximate surface area is 107 Å². The van der Waals surface area contributed by atoms with Gasteiger partial charge in [-0.1, -0.05) is 30.3 Å². The molecule has 3 nitrogen and oxygen atoms in total. The molecule has 3 heteroatoms. The Hall–Kier alpha value is -2.00. The monoisotopic (exact) mass is 244 g/mol. The Bertz CT molecular complexity index is 494. The summed E-state index contributed by atoms with van der Waals surface area (Å²) < 4.78 is 15.8. The lowest BCUT2D eigenvalue weighted by Crippen LogP contribution is -2.00. The molecule has 0 saturated carbocycles. The molecular weight excluding hydrogens is 228 g/mol. The van der Waals surface area contributed by atoms with Crippen LogP contribution in [0.2, 0.25) is 0 Å². The van der Waals surface area contributed by atoms with Crippen LogP contribution in [-0.4, -0.2) is 21.0 Å². The van der Waals surface area contributed by atoms with Crippen molar-refractivity contribution in [1.29, 1.82) is 0 Å². The zero-order valence-corrected chi connectivity index (χ0v) is 10.6. The van der Waals surface area contributed by atoms with E-state index in [4.69, 9.17) is 14.2 Å². The predicted octanol–water partition coefficient (Wildman–Crippen LogP) is 3.34. The van der Waals surface area contributed by atoms with Crippen LogP contribution in [0.3, 0.4) is 0 Å². The molecule has 0 spiro atoms. The number of benzene rings is 2. The van der Waals surface area contributed by atoms with Gasteiger partial charge in [-0.2, -0.15) is 0 Å². The van der Waals surface area contributed by atoms with Gasteiger partial charge in [0.1, 0.15) is 11.5 Å². The van der Waals surface area contributed by atoms with Crippen molar-refractivity contribution in [1.82, 2.24) is 0 Å². The summed E-state index contributed by atoms with van der Waals surface area (Å²) in [5.41, 5.74) is 2.08. The van der Waals surface area contributed by atoms with Crippen LogP contribution in [-0.2, 0) is 4.74 Å². The first-order valence-electron chi connectivity index (χ1n) is 5.70. The van der Waals surface area contributed by atoms with Crippen molar-refractivity contribution < 1.29 is 14.2 Å². The van der Waals surface area contributed by atoms with Crippen molar-refractivity contribution >= 4 is 0 Å². The van der Waals surface area contributed by atoms with Crippen molar-refractivity contribution in [3.05, 3.63) is 48.5 Å². The minimum Gasteiger partial charge on any atom is -0.497 e. The molecule has 0 aliphatic carbocycles. The van der Waals surface area contributed by atoms with E-state index in [1.807, 2.05) is 48.5 Å². The molecule has 0 heterocycles. The van der Waals surface area contributed by atoms with Gasteiger partial charge in [0.05, 0.1) is 7.11 Å². The topological polar surface area (TPSA) is 27.7 Å². The van der Waals surface area contributed by atoms with Crippen molar-refractivity contribution in [3.8, 4) is 22.6 Å². The Morgan fingerprint density at radius 3 is 2.39 bits per heavy atom. The Balaban J connectivity index is 2.41. The second-order valence-electron chi connectivity index (χ2n) is 3.78. The van der Waals surface area contributed by atoms with E-state index in [9.17, 15) is 0 Å². The zero-order chi connectivity index (χ0) is 12.8. The molecule has 0 saturated heterocycles. The third kappa shape index (κ3) is 2.81. The minimum atomic E-state index is 0.228. The molecule has 0 aromatic heterocycles. The summed E-state index contributed by atoms with van der Waals surface area (Å²) in [7, 11) is 3.26. The van der Waals surface area contributed by atoms with Crippen molar-refractivity contribution in [2.75, 3.05) is 21.0 Å². The number of ether oxygens (including phenoxy) is 3. The molecule has 18 heavy (non-hydrogen) atoms. The third-order valence-electron chi connectivity index (χ3n) is 2.60. The maximum Gasteiger partial charge on any atom is 0.188 e. The summed E-state index contributed by atoms with van der Waals surface area (Å²) in [4.78, 5) is 0. The van der Waals surface area contributed by atoms with Gasteiger partial charge in [-0.05, 0) is 23.8 Å². The molecule has 0 N–H and O–H groups in total. The molecule has 2 aromatic rings. The molecule has 0 fully saturated rings. The zero-order valence-electron chi connectivity index (χ0n) is 10.6. The van der Waals surface area contributed by atoms with Crippen LogP contribution >= 0.6 is 0 Å². The molecule has 0 radical (unpaired) electrons. The lowest BCUT2D eigenvalue weighted by Gasteiger charge is -2.12. The Morgan fingerprint density at radius 2 is 1.72 bits per heavy atom. The second kappa shape index (κ2) is 6.07. The first-order valence-corrected chi connectivity index (χ1v) is 5.70. The first kappa shape index (κ1) is 12.5. The van der Waals surface area contributed by atoms with Crippen LogP contribution in [0.15, 0.2) is 48.5 Å². The van der Waals surface area contributed by atoms with Gasteiger partial charge < -0.3 is 14.2 Å². The highest BCUT2D eigenvalue weighted by Crippen LogP contribution is 2.33. The maximum atomic E-state index is 5.56. The van der Waals surface area contributed by atoms with Gasteiger partial charge in [0.25, 0.3) is 0 Å². The van der Waals surface area contributed by atoms with Gasteiger partial charge in [-0.3, -0.25) is 0 Å². The molecule has 0 atom stereocenters. The molecule has 0 unspecified atom stereocenters. The first-order chi connectivity index (χ1) is 8.85. The highest BCUT2D eigenvalue weighted by molar-refractivity contribution is 5.71. The van der Waals surface area contributed by atoms with Gasteiger partial charge in [-0.15, -0.1) is 0 Å². The predicted molar refractivity (Wildman–Crippen MR) is 70.9 cm³/mol. The summed E-state index contributed by atoms with van der Waals surface area (Å²) in [6.07, 6.45) is 0. The average Bonchev–Trinajstić information content (AvgIpc) is 2.46. The molecule has 0 aliphatic heterocycles. The number of hydrogen-bond donors (Lipinski definition) is 0. The van der Waals surface area contributed by atoms with E-state index in [-0.39, 0.29) is 6.79 Å². The fraction of sp³-hybridized carbons (Fsp3) is 0.200. The average molecular weight is 244 g/mol. The lowest BCUT2D eigenvalue weighted by molar-refractivity contribution is 0.0515. The third-order valence-corrected chi connectivity index (χ3v) is 2.60. The summed E-state index contributed by atoms with van der Waals surface area (Å²) in [6, 6.07) is 15.8. The highest BCUT2D eigenvalue weighted by Gasteiger charge is 2.07. The summed E-state index contributed by atoms with van der Waals surface area (Å²) in [6.45, 7) is 0.228. The second-order valence-corrected chi connectivity index (χ2v) is 3.78. The highest BCUT2D eigenvalue weighted by atomic mass is 16.7. The fourth-order valence-corrected chi connectivity index (χ4v) is 1.73. The normalized spacial score (nSPS) is 10.1. The quantitative estimate of drug-likeness (QED) is 0.755. The van der Waals surface area contributed by atoms with E-state index in [1.54, 1.807) is 14.2 Å². The smallest absolute Gasteiger partial charge is 0.188 e. The molecular formula is C15H16O3. The van der Waals surface area contributed by atoms with Crippen LogP contribution < -0.4 is 9.47 Å². The van der Waals surface area contributed by atoms with E-state index < -0.39 is 0 Å². The summed E-state index contributed by atoms with van der Waals surface area (Å²) in [5, 5.41) is 0. The van der Waals surface area contributed by atoms with Crippen LogP contribution in [0.4, 0.5) is 0 Å². The van der Waals surface area contributed by atoms with E-state index in [0.717, 1.165) is 22.6 Å². The number of hydrogen-bond acceptors (Lipinski definition) is 3. The molecule has 0 aliphatic rings. The molecule has 94 valence electrons. The van der Waals surface area contributed by atoms with Crippen LogP contribution in [0.5, 0.6) is 11.5 Å². The molecule has 2 aromatic carbocycles.